The number of aromatic nitrogens is 2. The minimum absolute atomic E-state index is 0.501. The molecule has 15 heavy (non-hydrogen) atoms. The van der Waals surface area contributed by atoms with E-state index in [2.05, 4.69) is 35.8 Å². The van der Waals surface area contributed by atoms with Crippen molar-refractivity contribution in [1.82, 2.24) is 14.9 Å². The average molecular weight is 207 g/mol. The van der Waals surface area contributed by atoms with E-state index in [9.17, 15) is 0 Å². The zero-order valence-electron chi connectivity index (χ0n) is 9.95. The molecule has 3 heteroatoms. The number of aryl methyl sites for hydroxylation is 1. The van der Waals surface area contributed by atoms with Crippen molar-refractivity contribution in [2.24, 2.45) is 13.0 Å². The lowest BCUT2D eigenvalue weighted by Gasteiger charge is -2.29. The van der Waals surface area contributed by atoms with Gasteiger partial charge in [-0.3, -0.25) is 0 Å². The normalized spacial score (nSPS) is 22.5. The van der Waals surface area contributed by atoms with Gasteiger partial charge in [-0.05, 0) is 12.3 Å². The Morgan fingerprint density at radius 2 is 2.47 bits per heavy atom. The molecule has 1 aliphatic rings. The first kappa shape index (κ1) is 10.7. The van der Waals surface area contributed by atoms with Crippen molar-refractivity contribution in [3.63, 3.8) is 0 Å². The van der Waals surface area contributed by atoms with Crippen LogP contribution in [0.3, 0.4) is 0 Å². The van der Waals surface area contributed by atoms with Gasteiger partial charge in [-0.25, -0.2) is 4.98 Å². The molecule has 0 amide bonds. The Bertz CT molecular complexity index is 330. The van der Waals surface area contributed by atoms with Crippen molar-refractivity contribution >= 4 is 0 Å². The maximum absolute atomic E-state index is 4.47. The molecule has 0 saturated carbocycles. The van der Waals surface area contributed by atoms with Gasteiger partial charge in [-0.1, -0.05) is 20.3 Å². The monoisotopic (exact) mass is 207 g/mol. The first-order chi connectivity index (χ1) is 7.24. The van der Waals surface area contributed by atoms with Gasteiger partial charge in [0.2, 0.25) is 0 Å². The van der Waals surface area contributed by atoms with Crippen LogP contribution >= 0.6 is 0 Å². The van der Waals surface area contributed by atoms with Crippen molar-refractivity contribution in [2.75, 3.05) is 6.54 Å². The van der Waals surface area contributed by atoms with Gasteiger partial charge in [0.25, 0.3) is 0 Å². The number of imidazole rings is 1. The summed E-state index contributed by atoms with van der Waals surface area (Å²) in [4.78, 5) is 4.47. The summed E-state index contributed by atoms with van der Waals surface area (Å²) in [5, 5.41) is 3.63. The maximum Gasteiger partial charge on any atom is 0.0949 e. The summed E-state index contributed by atoms with van der Waals surface area (Å²) in [6, 6.07) is 0.501. The minimum Gasteiger partial charge on any atom is -0.336 e. The highest BCUT2D eigenvalue weighted by molar-refractivity contribution is 5.21. The Hall–Kier alpha value is -0.830. The van der Waals surface area contributed by atoms with Gasteiger partial charge in [0.15, 0.2) is 0 Å². The minimum atomic E-state index is 0.501. The van der Waals surface area contributed by atoms with Crippen LogP contribution in [0.2, 0.25) is 0 Å². The maximum atomic E-state index is 4.47. The van der Waals surface area contributed by atoms with Crippen molar-refractivity contribution in [3.05, 3.63) is 17.7 Å². The Morgan fingerprint density at radius 3 is 3.20 bits per heavy atom. The van der Waals surface area contributed by atoms with Crippen LogP contribution in [0.4, 0.5) is 0 Å². The molecule has 2 atom stereocenters. The second-order valence-electron chi connectivity index (χ2n) is 4.64. The van der Waals surface area contributed by atoms with Crippen LogP contribution < -0.4 is 5.32 Å². The summed E-state index contributed by atoms with van der Waals surface area (Å²) in [6.07, 6.45) is 5.56. The molecular weight excluding hydrogens is 186 g/mol. The molecule has 0 radical (unpaired) electrons. The molecule has 2 unspecified atom stereocenters. The van der Waals surface area contributed by atoms with E-state index >= 15 is 0 Å². The zero-order chi connectivity index (χ0) is 10.8. The molecule has 0 aromatic carbocycles. The van der Waals surface area contributed by atoms with Crippen LogP contribution in [-0.2, 0) is 13.5 Å². The Kier molecular flexibility index (Phi) is 3.10. The number of hydrogen-bond donors (Lipinski definition) is 1. The van der Waals surface area contributed by atoms with Crippen molar-refractivity contribution in [1.29, 1.82) is 0 Å². The number of nitrogens with one attached hydrogen (secondary N) is 1. The van der Waals surface area contributed by atoms with Gasteiger partial charge < -0.3 is 9.88 Å². The number of hydrogen-bond acceptors (Lipinski definition) is 2. The number of nitrogens with zero attached hydrogens (tertiary/aromatic N) is 2. The van der Waals surface area contributed by atoms with Gasteiger partial charge in [-0.15, -0.1) is 0 Å². The zero-order valence-corrected chi connectivity index (χ0v) is 9.95. The molecule has 1 aliphatic heterocycles. The lowest BCUT2D eigenvalue weighted by atomic mass is 9.90. The van der Waals surface area contributed by atoms with E-state index in [-0.39, 0.29) is 0 Å². The molecular formula is C12H21N3. The predicted octanol–water partition coefficient (Wildman–Crippen LogP) is 2.04. The van der Waals surface area contributed by atoms with Crippen LogP contribution in [0.5, 0.6) is 0 Å². The van der Waals surface area contributed by atoms with E-state index in [1.807, 2.05) is 6.33 Å². The third-order valence-electron chi connectivity index (χ3n) is 3.40. The third-order valence-corrected chi connectivity index (χ3v) is 3.40. The predicted molar refractivity (Wildman–Crippen MR) is 61.7 cm³/mol. The van der Waals surface area contributed by atoms with Crippen molar-refractivity contribution < 1.29 is 0 Å². The van der Waals surface area contributed by atoms with Gasteiger partial charge in [0, 0.05) is 20.0 Å². The van der Waals surface area contributed by atoms with E-state index in [4.69, 9.17) is 0 Å². The molecule has 0 aliphatic carbocycles. The molecule has 0 fully saturated rings. The smallest absolute Gasteiger partial charge is 0.0949 e. The molecule has 0 saturated heterocycles. The summed E-state index contributed by atoms with van der Waals surface area (Å²) in [7, 11) is 2.10. The van der Waals surface area contributed by atoms with E-state index < -0.39 is 0 Å². The van der Waals surface area contributed by atoms with E-state index in [0.29, 0.717) is 12.0 Å². The summed E-state index contributed by atoms with van der Waals surface area (Å²) in [5.41, 5.74) is 2.70. The molecule has 1 N–H and O–H groups in total. The first-order valence-corrected chi connectivity index (χ1v) is 5.97. The number of fused-ring (bicyclic) bond motifs is 1. The fourth-order valence-electron chi connectivity index (χ4n) is 2.62. The van der Waals surface area contributed by atoms with Gasteiger partial charge in [0.1, 0.15) is 0 Å². The van der Waals surface area contributed by atoms with Crippen molar-refractivity contribution in [2.45, 2.75) is 39.2 Å². The topological polar surface area (TPSA) is 29.9 Å². The lowest BCUT2D eigenvalue weighted by molar-refractivity contribution is 0.336. The molecule has 2 heterocycles. The molecule has 2 rings (SSSR count). The second-order valence-corrected chi connectivity index (χ2v) is 4.64. The molecule has 1 aromatic rings. The van der Waals surface area contributed by atoms with Crippen LogP contribution in [-0.4, -0.2) is 16.1 Å². The van der Waals surface area contributed by atoms with Crippen LogP contribution in [0.1, 0.15) is 44.1 Å². The summed E-state index contributed by atoms with van der Waals surface area (Å²) in [6.45, 7) is 5.66. The van der Waals surface area contributed by atoms with Gasteiger partial charge in [0.05, 0.1) is 23.8 Å². The first-order valence-electron chi connectivity index (χ1n) is 5.97. The highest BCUT2D eigenvalue weighted by Gasteiger charge is 2.27. The molecule has 0 spiro atoms. The highest BCUT2D eigenvalue weighted by atomic mass is 15.1. The fourth-order valence-corrected chi connectivity index (χ4v) is 2.62. The number of rotatable bonds is 3. The van der Waals surface area contributed by atoms with E-state index in [1.165, 1.54) is 24.2 Å². The molecule has 3 nitrogen and oxygen atoms in total. The van der Waals surface area contributed by atoms with E-state index in [1.54, 1.807) is 0 Å². The van der Waals surface area contributed by atoms with E-state index in [0.717, 1.165) is 13.0 Å². The van der Waals surface area contributed by atoms with Crippen molar-refractivity contribution in [3.8, 4) is 0 Å². The largest absolute Gasteiger partial charge is 0.336 e. The Morgan fingerprint density at radius 1 is 1.67 bits per heavy atom. The second kappa shape index (κ2) is 4.35. The summed E-state index contributed by atoms with van der Waals surface area (Å²) >= 11 is 0. The van der Waals surface area contributed by atoms with Crippen LogP contribution in [0.15, 0.2) is 6.33 Å². The summed E-state index contributed by atoms with van der Waals surface area (Å²) in [5.74, 6) is 0.699. The van der Waals surface area contributed by atoms with Crippen LogP contribution in [0.25, 0.3) is 0 Å². The fraction of sp³-hybridized carbons (Fsp3) is 0.750. The SMILES string of the molecule is CCCC(C)C1NCCc2ncn(C)c21. The molecule has 0 bridgehead atoms. The standard InChI is InChI=1S/C12H21N3/c1-4-5-9(2)11-12-10(6-7-13-11)14-8-15(12)3/h8-9,11,13H,4-7H2,1-3H3. The Balaban J connectivity index is 2.24. The average Bonchev–Trinajstić information content (AvgIpc) is 2.61. The van der Waals surface area contributed by atoms with Gasteiger partial charge >= 0.3 is 0 Å². The Labute approximate surface area is 91.9 Å². The van der Waals surface area contributed by atoms with Crippen LogP contribution in [0, 0.1) is 5.92 Å². The van der Waals surface area contributed by atoms with Gasteiger partial charge in [-0.2, -0.15) is 0 Å². The highest BCUT2D eigenvalue weighted by Crippen LogP contribution is 2.29. The summed E-state index contributed by atoms with van der Waals surface area (Å²) < 4.78 is 2.18. The third kappa shape index (κ3) is 1.93. The lowest BCUT2D eigenvalue weighted by Crippen LogP contribution is -2.35. The quantitative estimate of drug-likeness (QED) is 0.822. The molecule has 1 aromatic heterocycles. The molecule has 84 valence electrons.